The van der Waals surface area contributed by atoms with Crippen molar-refractivity contribution in [2.45, 2.75) is 39.3 Å². The topological polar surface area (TPSA) is 91.5 Å². The number of hydrogen-bond donors (Lipinski definition) is 2. The van der Waals surface area contributed by atoms with Crippen LogP contribution in [0.5, 0.6) is 0 Å². The number of amides is 2. The van der Waals surface area contributed by atoms with E-state index >= 15 is 0 Å². The zero-order chi connectivity index (χ0) is 24.2. The third-order valence-electron chi connectivity index (χ3n) is 4.96. The third-order valence-corrected chi connectivity index (χ3v) is 5.19. The second-order valence-corrected chi connectivity index (χ2v) is 8.86. The molecule has 3 aromatic rings. The van der Waals surface area contributed by atoms with Crippen LogP contribution in [0.3, 0.4) is 0 Å². The van der Waals surface area contributed by atoms with E-state index in [9.17, 15) is 14.4 Å². The highest BCUT2D eigenvalue weighted by molar-refractivity contribution is 6.30. The fourth-order valence-electron chi connectivity index (χ4n) is 3.63. The first-order valence-corrected chi connectivity index (χ1v) is 11.2. The predicted molar refractivity (Wildman–Crippen MR) is 130 cm³/mol. The zero-order valence-corrected chi connectivity index (χ0v) is 19.9. The van der Waals surface area contributed by atoms with Crippen LogP contribution in [0, 0.1) is 0 Å². The summed E-state index contributed by atoms with van der Waals surface area (Å²) in [5.41, 5.74) is 1.75. The molecule has 0 aliphatic rings. The number of alkyl halides is 1. The van der Waals surface area contributed by atoms with Gasteiger partial charge in [0.15, 0.2) is 0 Å². The minimum absolute atomic E-state index is 0.257. The molecule has 1 unspecified atom stereocenters. The molecule has 1 aromatic heterocycles. The number of carbonyl (C=O) groups is 3. The first kappa shape index (κ1) is 24.3. The molecule has 0 aliphatic heterocycles. The Bertz CT molecular complexity index is 1150. The van der Waals surface area contributed by atoms with Crippen LogP contribution >= 0.6 is 11.6 Å². The molecule has 3 rings (SSSR count). The quantitative estimate of drug-likeness (QED) is 0.391. The van der Waals surface area contributed by atoms with Crippen molar-refractivity contribution in [1.29, 1.82) is 0 Å². The molecule has 174 valence electrons. The number of aromatic amines is 1. The van der Waals surface area contributed by atoms with E-state index < -0.39 is 23.5 Å². The lowest BCUT2D eigenvalue weighted by molar-refractivity contribution is -0.127. The number of carbonyl (C=O) groups excluding carboxylic acids is 3. The van der Waals surface area contributed by atoms with E-state index in [4.69, 9.17) is 16.3 Å². The Hall–Kier alpha value is -3.32. The van der Waals surface area contributed by atoms with E-state index in [0.717, 1.165) is 10.9 Å². The Labute approximate surface area is 198 Å². The molecule has 0 bridgehead atoms. The minimum Gasteiger partial charge on any atom is -0.462 e. The lowest BCUT2D eigenvalue weighted by atomic mass is 10.00. The number of fused-ring (bicyclic) bond motifs is 1. The average molecular weight is 470 g/mol. The average Bonchev–Trinajstić information content (AvgIpc) is 3.19. The lowest BCUT2D eigenvalue weighted by Gasteiger charge is -2.33. The summed E-state index contributed by atoms with van der Waals surface area (Å²) in [7, 11) is 0. The number of anilines is 1. The van der Waals surface area contributed by atoms with Gasteiger partial charge in [0.05, 0.1) is 12.2 Å². The van der Waals surface area contributed by atoms with Gasteiger partial charge in [-0.15, -0.1) is 11.6 Å². The smallest absolute Gasteiger partial charge is 0.338 e. The van der Waals surface area contributed by atoms with Gasteiger partial charge in [0, 0.05) is 33.9 Å². The maximum Gasteiger partial charge on any atom is 0.338 e. The van der Waals surface area contributed by atoms with E-state index in [-0.39, 0.29) is 18.4 Å². The van der Waals surface area contributed by atoms with E-state index in [1.807, 2.05) is 45.0 Å². The van der Waals surface area contributed by atoms with E-state index in [1.165, 1.54) is 4.90 Å². The van der Waals surface area contributed by atoms with Gasteiger partial charge in [0.1, 0.15) is 11.9 Å². The van der Waals surface area contributed by atoms with Gasteiger partial charge < -0.3 is 15.0 Å². The molecule has 2 amide bonds. The molecule has 0 aliphatic carbocycles. The van der Waals surface area contributed by atoms with E-state index in [0.29, 0.717) is 16.8 Å². The molecule has 0 radical (unpaired) electrons. The van der Waals surface area contributed by atoms with Crippen LogP contribution in [0.4, 0.5) is 5.69 Å². The van der Waals surface area contributed by atoms with Gasteiger partial charge in [0.25, 0.3) is 0 Å². The standard InChI is InChI=1S/C25H28ClN3O4/c1-5-33-24(32)16-10-12-17(13-11-16)29(21(30)14-26)22(23(31)28-25(2,3)4)19-15-27-20-9-7-6-8-18(19)20/h6-13,15,22,27H,5,14H2,1-4H3,(H,28,31). The van der Waals surface area contributed by atoms with Crippen molar-refractivity contribution in [3.05, 3.63) is 65.9 Å². The highest BCUT2D eigenvalue weighted by atomic mass is 35.5. The largest absolute Gasteiger partial charge is 0.462 e. The molecule has 2 N–H and O–H groups in total. The zero-order valence-electron chi connectivity index (χ0n) is 19.1. The Morgan fingerprint density at radius 1 is 1.09 bits per heavy atom. The second kappa shape index (κ2) is 10.1. The molecular weight excluding hydrogens is 442 g/mol. The lowest BCUT2D eigenvalue weighted by Crippen LogP contribution is -2.49. The van der Waals surface area contributed by atoms with Crippen molar-refractivity contribution in [1.82, 2.24) is 10.3 Å². The summed E-state index contributed by atoms with van der Waals surface area (Å²) in [6.45, 7) is 7.61. The Morgan fingerprint density at radius 2 is 1.76 bits per heavy atom. The number of H-pyrrole nitrogens is 1. The molecule has 0 saturated carbocycles. The van der Waals surface area contributed by atoms with Crippen molar-refractivity contribution in [2.75, 3.05) is 17.4 Å². The number of aromatic nitrogens is 1. The Kier molecular flexibility index (Phi) is 7.43. The van der Waals surface area contributed by atoms with E-state index in [2.05, 4.69) is 10.3 Å². The maximum absolute atomic E-state index is 13.6. The number of nitrogens with zero attached hydrogens (tertiary/aromatic N) is 1. The number of halogens is 1. The molecule has 7 nitrogen and oxygen atoms in total. The Morgan fingerprint density at radius 3 is 2.36 bits per heavy atom. The van der Waals surface area contributed by atoms with Gasteiger partial charge in [-0.1, -0.05) is 18.2 Å². The number of benzene rings is 2. The Balaban J connectivity index is 2.14. The van der Waals surface area contributed by atoms with Crippen molar-refractivity contribution in [2.24, 2.45) is 0 Å². The van der Waals surface area contributed by atoms with Gasteiger partial charge in [-0.3, -0.25) is 14.5 Å². The third kappa shape index (κ3) is 5.54. The number of nitrogens with one attached hydrogen (secondary N) is 2. The summed E-state index contributed by atoms with van der Waals surface area (Å²) in [6.07, 6.45) is 1.74. The summed E-state index contributed by atoms with van der Waals surface area (Å²) in [6, 6.07) is 12.9. The maximum atomic E-state index is 13.6. The highest BCUT2D eigenvalue weighted by Crippen LogP contribution is 2.33. The number of rotatable bonds is 7. The minimum atomic E-state index is -0.986. The van der Waals surface area contributed by atoms with Crippen molar-refractivity contribution in [3.8, 4) is 0 Å². The van der Waals surface area contributed by atoms with E-state index in [1.54, 1.807) is 37.4 Å². The molecule has 8 heteroatoms. The fourth-order valence-corrected chi connectivity index (χ4v) is 3.76. The van der Waals surface area contributed by atoms with Crippen LogP contribution in [0.15, 0.2) is 54.7 Å². The second-order valence-electron chi connectivity index (χ2n) is 8.60. The molecule has 33 heavy (non-hydrogen) atoms. The van der Waals surface area contributed by atoms with Crippen LogP contribution in [0.25, 0.3) is 10.9 Å². The van der Waals surface area contributed by atoms with Crippen LogP contribution in [0.1, 0.15) is 49.7 Å². The van der Waals surface area contributed by atoms with Crippen LogP contribution in [-0.2, 0) is 14.3 Å². The molecular formula is C25H28ClN3O4. The summed E-state index contributed by atoms with van der Waals surface area (Å²) in [5, 5.41) is 3.81. The molecule has 2 aromatic carbocycles. The number of hydrogen-bond acceptors (Lipinski definition) is 4. The fraction of sp³-hybridized carbons (Fsp3) is 0.320. The van der Waals surface area contributed by atoms with Gasteiger partial charge in [-0.05, 0) is 58.0 Å². The number of ether oxygens (including phenoxy) is 1. The SMILES string of the molecule is CCOC(=O)c1ccc(N(C(=O)CCl)C(C(=O)NC(C)(C)C)c2c[nH]c3ccccc23)cc1. The first-order valence-electron chi connectivity index (χ1n) is 10.7. The predicted octanol–water partition coefficient (Wildman–Crippen LogP) is 4.57. The monoisotopic (exact) mass is 469 g/mol. The normalized spacial score (nSPS) is 12.3. The highest BCUT2D eigenvalue weighted by Gasteiger charge is 2.35. The van der Waals surface area contributed by atoms with Crippen molar-refractivity contribution in [3.63, 3.8) is 0 Å². The first-order chi connectivity index (χ1) is 15.7. The van der Waals surface area contributed by atoms with Crippen molar-refractivity contribution >= 4 is 46.0 Å². The van der Waals surface area contributed by atoms with Gasteiger partial charge >= 0.3 is 5.97 Å². The van der Waals surface area contributed by atoms with Gasteiger partial charge in [0.2, 0.25) is 11.8 Å². The number of para-hydroxylation sites is 1. The molecule has 0 saturated heterocycles. The number of esters is 1. The molecule has 0 fully saturated rings. The summed E-state index contributed by atoms with van der Waals surface area (Å²) >= 11 is 5.98. The molecule has 1 heterocycles. The van der Waals surface area contributed by atoms with Gasteiger partial charge in [-0.25, -0.2) is 4.79 Å². The molecule has 1 atom stereocenters. The van der Waals surface area contributed by atoms with Crippen LogP contribution in [-0.4, -0.2) is 40.8 Å². The molecule has 0 spiro atoms. The van der Waals surface area contributed by atoms with Crippen LogP contribution in [0.2, 0.25) is 0 Å². The van der Waals surface area contributed by atoms with Crippen LogP contribution < -0.4 is 10.2 Å². The van der Waals surface area contributed by atoms with Gasteiger partial charge in [-0.2, -0.15) is 0 Å². The van der Waals surface area contributed by atoms with Crippen molar-refractivity contribution < 1.29 is 19.1 Å². The summed E-state index contributed by atoms with van der Waals surface area (Å²) in [4.78, 5) is 43.3. The summed E-state index contributed by atoms with van der Waals surface area (Å²) < 4.78 is 5.04. The summed E-state index contributed by atoms with van der Waals surface area (Å²) in [5.74, 6) is -1.57.